The van der Waals surface area contributed by atoms with Gasteiger partial charge in [0.25, 0.3) is 0 Å². The third kappa shape index (κ3) is 5.86. The number of guanidine groups is 1. The van der Waals surface area contributed by atoms with Crippen molar-refractivity contribution in [3.8, 4) is 0 Å². The lowest BCUT2D eigenvalue weighted by Gasteiger charge is -2.36. The first-order chi connectivity index (χ1) is 14.7. The Morgan fingerprint density at radius 1 is 1.19 bits per heavy atom. The Bertz CT molecular complexity index is 978. The number of nitrogens with one attached hydrogen (secondary N) is 1. The SMILES string of the molecule is CCNC(=NCC(C)(C)c1ccccc1C)N1CCN(S(=O)(=O)Cc2ccon2)CC1. The van der Waals surface area contributed by atoms with Gasteiger partial charge in [0.05, 0.1) is 12.2 Å². The maximum atomic E-state index is 12.7. The average molecular weight is 448 g/mol. The number of piperazine rings is 1. The summed E-state index contributed by atoms with van der Waals surface area (Å²) in [7, 11) is -3.42. The molecular weight excluding hydrogens is 414 g/mol. The van der Waals surface area contributed by atoms with Gasteiger partial charge in [-0.3, -0.25) is 4.99 Å². The van der Waals surface area contributed by atoms with Crippen LogP contribution in [0.25, 0.3) is 0 Å². The van der Waals surface area contributed by atoms with Crippen LogP contribution in [0.1, 0.15) is 37.6 Å². The molecule has 9 heteroatoms. The quantitative estimate of drug-likeness (QED) is 0.518. The lowest BCUT2D eigenvalue weighted by molar-refractivity contribution is 0.259. The zero-order valence-corrected chi connectivity index (χ0v) is 19.7. The maximum absolute atomic E-state index is 12.7. The van der Waals surface area contributed by atoms with Crippen LogP contribution in [-0.2, 0) is 21.2 Å². The topological polar surface area (TPSA) is 91.0 Å². The molecule has 1 fully saturated rings. The molecule has 1 aromatic heterocycles. The predicted molar refractivity (Wildman–Crippen MR) is 122 cm³/mol. The molecule has 0 bridgehead atoms. The summed E-state index contributed by atoms with van der Waals surface area (Å²) >= 11 is 0. The summed E-state index contributed by atoms with van der Waals surface area (Å²) < 4.78 is 31.6. The summed E-state index contributed by atoms with van der Waals surface area (Å²) in [6.45, 7) is 12.0. The van der Waals surface area contributed by atoms with Gasteiger partial charge in [-0.2, -0.15) is 4.31 Å². The lowest BCUT2D eigenvalue weighted by atomic mass is 9.82. The van der Waals surface area contributed by atoms with E-state index in [2.05, 4.69) is 60.4 Å². The first-order valence-corrected chi connectivity index (χ1v) is 12.3. The van der Waals surface area contributed by atoms with E-state index in [9.17, 15) is 8.42 Å². The Hall–Kier alpha value is -2.39. The van der Waals surface area contributed by atoms with Crippen LogP contribution in [0.15, 0.2) is 46.1 Å². The van der Waals surface area contributed by atoms with Crippen molar-refractivity contribution in [3.63, 3.8) is 0 Å². The van der Waals surface area contributed by atoms with Gasteiger partial charge in [0.2, 0.25) is 10.0 Å². The molecule has 0 spiro atoms. The minimum atomic E-state index is -3.42. The molecule has 1 aliphatic heterocycles. The van der Waals surface area contributed by atoms with E-state index in [1.165, 1.54) is 21.7 Å². The molecule has 170 valence electrons. The second-order valence-corrected chi connectivity index (χ2v) is 10.5. The lowest BCUT2D eigenvalue weighted by Crippen LogP contribution is -2.54. The van der Waals surface area contributed by atoms with Crippen LogP contribution in [0.5, 0.6) is 0 Å². The molecule has 8 nitrogen and oxygen atoms in total. The second-order valence-electron chi connectivity index (χ2n) is 8.50. The van der Waals surface area contributed by atoms with Gasteiger partial charge in [0.15, 0.2) is 5.96 Å². The molecule has 2 heterocycles. The van der Waals surface area contributed by atoms with Gasteiger partial charge < -0.3 is 14.7 Å². The molecule has 0 aliphatic carbocycles. The minimum absolute atomic E-state index is 0.102. The first kappa shape index (κ1) is 23.3. The highest BCUT2D eigenvalue weighted by molar-refractivity contribution is 7.88. The number of rotatable bonds is 7. The molecular formula is C22H33N5O3S. The molecule has 2 aromatic rings. The molecule has 0 atom stereocenters. The van der Waals surface area contributed by atoms with Crippen LogP contribution >= 0.6 is 0 Å². The average Bonchev–Trinajstić information content (AvgIpc) is 3.24. The third-order valence-electron chi connectivity index (χ3n) is 5.59. The van der Waals surface area contributed by atoms with Crippen molar-refractivity contribution in [2.24, 2.45) is 4.99 Å². The number of nitrogens with zero attached hydrogens (tertiary/aromatic N) is 4. The zero-order valence-electron chi connectivity index (χ0n) is 18.8. The Morgan fingerprint density at radius 2 is 1.90 bits per heavy atom. The normalized spacial score (nSPS) is 16.5. The van der Waals surface area contributed by atoms with Crippen LogP contribution < -0.4 is 5.32 Å². The van der Waals surface area contributed by atoms with Crippen molar-refractivity contribution in [1.82, 2.24) is 19.7 Å². The summed E-state index contributed by atoms with van der Waals surface area (Å²) in [6, 6.07) is 10.00. The number of hydrogen-bond donors (Lipinski definition) is 1. The standard InChI is InChI=1S/C22H33N5O3S/c1-5-23-21(24-17-22(3,4)20-9-7-6-8-18(20)2)26-11-13-27(14-12-26)31(28,29)16-19-10-15-30-25-19/h6-10,15H,5,11-14,16-17H2,1-4H3,(H,23,24). The van der Waals surface area contributed by atoms with Crippen LogP contribution in [-0.4, -0.2) is 68.0 Å². The van der Waals surface area contributed by atoms with Gasteiger partial charge in [0.1, 0.15) is 12.0 Å². The number of aromatic nitrogens is 1. The van der Waals surface area contributed by atoms with Crippen LogP contribution in [0.2, 0.25) is 0 Å². The van der Waals surface area contributed by atoms with Gasteiger partial charge in [-0.25, -0.2) is 8.42 Å². The highest BCUT2D eigenvalue weighted by Gasteiger charge is 2.29. The fourth-order valence-electron chi connectivity index (χ4n) is 3.88. The van der Waals surface area contributed by atoms with Gasteiger partial charge in [0, 0.05) is 44.2 Å². The van der Waals surface area contributed by atoms with Gasteiger partial charge in [-0.15, -0.1) is 0 Å². The van der Waals surface area contributed by atoms with Crippen molar-refractivity contribution in [1.29, 1.82) is 0 Å². The second kappa shape index (κ2) is 9.82. The predicted octanol–water partition coefficient (Wildman–Crippen LogP) is 2.37. The van der Waals surface area contributed by atoms with E-state index >= 15 is 0 Å². The number of benzene rings is 1. The number of aryl methyl sites for hydroxylation is 1. The van der Waals surface area contributed by atoms with Crippen molar-refractivity contribution in [2.45, 2.75) is 38.9 Å². The van der Waals surface area contributed by atoms with Gasteiger partial charge >= 0.3 is 0 Å². The van der Waals surface area contributed by atoms with Crippen LogP contribution in [0.3, 0.4) is 0 Å². The summed E-state index contributed by atoms with van der Waals surface area (Å²) in [5, 5.41) is 7.09. The minimum Gasteiger partial charge on any atom is -0.364 e. The molecule has 0 unspecified atom stereocenters. The zero-order chi connectivity index (χ0) is 22.5. The highest BCUT2D eigenvalue weighted by atomic mass is 32.2. The third-order valence-corrected chi connectivity index (χ3v) is 7.40. The van der Waals surface area contributed by atoms with E-state index in [4.69, 9.17) is 9.52 Å². The van der Waals surface area contributed by atoms with Crippen LogP contribution in [0.4, 0.5) is 0 Å². The van der Waals surface area contributed by atoms with E-state index in [1.807, 2.05) is 6.92 Å². The Kier molecular flexibility index (Phi) is 7.38. The van der Waals surface area contributed by atoms with Gasteiger partial charge in [-0.1, -0.05) is 43.3 Å². The van der Waals surface area contributed by atoms with Crippen molar-refractivity contribution in [2.75, 3.05) is 39.3 Å². The number of sulfonamides is 1. The highest BCUT2D eigenvalue weighted by Crippen LogP contribution is 2.26. The Balaban J connectivity index is 1.65. The molecule has 3 rings (SSSR count). The summed E-state index contributed by atoms with van der Waals surface area (Å²) in [5.74, 6) is 0.695. The van der Waals surface area contributed by atoms with E-state index < -0.39 is 10.0 Å². The Labute approximate surface area is 185 Å². The fourth-order valence-corrected chi connectivity index (χ4v) is 5.31. The summed E-state index contributed by atoms with van der Waals surface area (Å²) in [6.07, 6.45) is 1.39. The number of hydrogen-bond acceptors (Lipinski definition) is 5. The van der Waals surface area contributed by atoms with Crippen molar-refractivity contribution < 1.29 is 12.9 Å². The van der Waals surface area contributed by atoms with Gasteiger partial charge in [-0.05, 0) is 25.0 Å². The monoisotopic (exact) mass is 447 g/mol. The molecule has 1 N–H and O–H groups in total. The van der Waals surface area contributed by atoms with Crippen molar-refractivity contribution >= 4 is 16.0 Å². The molecule has 1 aliphatic rings. The smallest absolute Gasteiger partial charge is 0.220 e. The van der Waals surface area contributed by atoms with E-state index in [1.54, 1.807) is 6.07 Å². The fraction of sp³-hybridized carbons (Fsp3) is 0.545. The van der Waals surface area contributed by atoms with Crippen molar-refractivity contribution in [3.05, 3.63) is 53.4 Å². The summed E-state index contributed by atoms with van der Waals surface area (Å²) in [4.78, 5) is 7.05. The van der Waals surface area contributed by atoms with E-state index in [0.29, 0.717) is 38.4 Å². The Morgan fingerprint density at radius 3 is 2.52 bits per heavy atom. The molecule has 0 radical (unpaired) electrons. The molecule has 1 aromatic carbocycles. The van der Waals surface area contributed by atoms with E-state index in [-0.39, 0.29) is 11.2 Å². The molecule has 1 saturated heterocycles. The van der Waals surface area contributed by atoms with E-state index in [0.717, 1.165) is 12.5 Å². The molecule has 31 heavy (non-hydrogen) atoms. The summed E-state index contributed by atoms with van der Waals surface area (Å²) in [5.41, 5.74) is 2.88. The largest absolute Gasteiger partial charge is 0.364 e. The molecule has 0 saturated carbocycles. The molecule has 0 amide bonds. The van der Waals surface area contributed by atoms with Crippen LogP contribution in [0, 0.1) is 6.92 Å². The first-order valence-electron chi connectivity index (χ1n) is 10.7. The number of aliphatic imine (C=N–C) groups is 1. The maximum Gasteiger partial charge on any atom is 0.220 e.